The van der Waals surface area contributed by atoms with E-state index in [0.29, 0.717) is 0 Å². The van der Waals surface area contributed by atoms with Crippen LogP contribution < -0.4 is 4.72 Å². The van der Waals surface area contributed by atoms with E-state index < -0.39 is 24.9 Å². The SMILES string of the molecule is CS(=O)(=O)CS(=O)(=O)NCC1(CO)CC1. The molecule has 8 heteroatoms. The van der Waals surface area contributed by atoms with Crippen molar-refractivity contribution < 1.29 is 21.9 Å². The molecule has 0 atom stereocenters. The molecule has 1 saturated carbocycles. The van der Waals surface area contributed by atoms with Crippen LogP contribution >= 0.6 is 0 Å². The molecule has 0 bridgehead atoms. The molecule has 6 nitrogen and oxygen atoms in total. The van der Waals surface area contributed by atoms with Crippen LogP contribution in [0, 0.1) is 5.41 Å². The highest BCUT2D eigenvalue weighted by Gasteiger charge is 2.42. The molecule has 0 heterocycles. The summed E-state index contributed by atoms with van der Waals surface area (Å²) in [5, 5.41) is 8.03. The molecule has 1 rings (SSSR count). The molecular formula is C7H15NO5S2. The van der Waals surface area contributed by atoms with Crippen molar-refractivity contribution in [2.75, 3.05) is 24.5 Å². The smallest absolute Gasteiger partial charge is 0.226 e. The van der Waals surface area contributed by atoms with Crippen molar-refractivity contribution in [3.05, 3.63) is 0 Å². The number of aliphatic hydroxyl groups is 1. The lowest BCUT2D eigenvalue weighted by Crippen LogP contribution is -2.35. The molecule has 1 aliphatic carbocycles. The molecule has 0 unspecified atom stereocenters. The van der Waals surface area contributed by atoms with E-state index in [1.54, 1.807) is 0 Å². The Labute approximate surface area is 89.7 Å². The van der Waals surface area contributed by atoms with Gasteiger partial charge in [-0.2, -0.15) is 0 Å². The van der Waals surface area contributed by atoms with Gasteiger partial charge in [0.25, 0.3) is 0 Å². The van der Waals surface area contributed by atoms with Crippen LogP contribution in [0.1, 0.15) is 12.8 Å². The summed E-state index contributed by atoms with van der Waals surface area (Å²) in [6.07, 6.45) is 2.40. The standard InChI is InChI=1S/C7H15NO5S2/c1-14(10,11)6-15(12,13)8-4-7(5-9)2-3-7/h8-9H,2-6H2,1H3. The Balaban J connectivity index is 2.51. The summed E-state index contributed by atoms with van der Waals surface area (Å²) in [4.78, 5) is 0. The molecule has 90 valence electrons. The largest absolute Gasteiger partial charge is 0.396 e. The van der Waals surface area contributed by atoms with Gasteiger partial charge >= 0.3 is 0 Å². The van der Waals surface area contributed by atoms with Gasteiger partial charge in [-0.3, -0.25) is 0 Å². The Bertz CT molecular complexity index is 420. The molecular weight excluding hydrogens is 242 g/mol. The second kappa shape index (κ2) is 4.00. The third-order valence-electron chi connectivity index (χ3n) is 2.33. The van der Waals surface area contributed by atoms with Crippen molar-refractivity contribution in [2.45, 2.75) is 12.8 Å². The highest BCUT2D eigenvalue weighted by atomic mass is 32.3. The average molecular weight is 257 g/mol. The first kappa shape index (κ1) is 12.9. The second-order valence-electron chi connectivity index (χ2n) is 4.14. The average Bonchev–Trinajstić information content (AvgIpc) is 2.77. The highest BCUT2D eigenvalue weighted by Crippen LogP contribution is 2.44. The third kappa shape index (κ3) is 4.45. The first-order valence-corrected chi connectivity index (χ1v) is 8.15. The van der Waals surface area contributed by atoms with Gasteiger partial charge in [-0.25, -0.2) is 21.6 Å². The first-order valence-electron chi connectivity index (χ1n) is 4.44. The maximum Gasteiger partial charge on any atom is 0.226 e. The minimum Gasteiger partial charge on any atom is -0.396 e. The van der Waals surface area contributed by atoms with E-state index in [9.17, 15) is 16.8 Å². The summed E-state index contributed by atoms with van der Waals surface area (Å²) >= 11 is 0. The quantitative estimate of drug-likeness (QED) is 0.614. The molecule has 2 N–H and O–H groups in total. The Morgan fingerprint density at radius 1 is 1.27 bits per heavy atom. The summed E-state index contributed by atoms with van der Waals surface area (Å²) in [6, 6.07) is 0. The van der Waals surface area contributed by atoms with Gasteiger partial charge < -0.3 is 5.11 Å². The van der Waals surface area contributed by atoms with Crippen LogP contribution in [0.5, 0.6) is 0 Å². The van der Waals surface area contributed by atoms with Gasteiger partial charge in [0.1, 0.15) is 0 Å². The second-order valence-corrected chi connectivity index (χ2v) is 8.45. The fourth-order valence-electron chi connectivity index (χ4n) is 1.15. The van der Waals surface area contributed by atoms with Crippen molar-refractivity contribution in [1.29, 1.82) is 0 Å². The molecule has 0 aromatic rings. The minimum atomic E-state index is -3.79. The highest BCUT2D eigenvalue weighted by molar-refractivity contribution is 8.06. The van der Waals surface area contributed by atoms with Crippen LogP contribution in [0.25, 0.3) is 0 Å². The van der Waals surface area contributed by atoms with Gasteiger partial charge in [-0.15, -0.1) is 0 Å². The monoisotopic (exact) mass is 257 g/mol. The van der Waals surface area contributed by atoms with Crippen molar-refractivity contribution in [1.82, 2.24) is 4.72 Å². The number of hydrogen-bond acceptors (Lipinski definition) is 5. The maximum atomic E-state index is 11.3. The molecule has 0 amide bonds. The van der Waals surface area contributed by atoms with E-state index >= 15 is 0 Å². The van der Waals surface area contributed by atoms with E-state index in [4.69, 9.17) is 5.11 Å². The van der Waals surface area contributed by atoms with E-state index in [1.165, 1.54) is 0 Å². The molecule has 0 spiro atoms. The lowest BCUT2D eigenvalue weighted by molar-refractivity contribution is 0.213. The van der Waals surface area contributed by atoms with Crippen molar-refractivity contribution >= 4 is 19.9 Å². The molecule has 0 aromatic carbocycles. The van der Waals surface area contributed by atoms with E-state index in [-0.39, 0.29) is 18.6 Å². The summed E-state index contributed by atoms with van der Waals surface area (Å²) in [5.41, 5.74) is -0.357. The lowest BCUT2D eigenvalue weighted by Gasteiger charge is -2.12. The van der Waals surface area contributed by atoms with E-state index in [2.05, 4.69) is 4.72 Å². The number of sulfonamides is 1. The summed E-state index contributed by atoms with van der Waals surface area (Å²) in [7, 11) is -7.34. The van der Waals surface area contributed by atoms with Gasteiger partial charge in [0.15, 0.2) is 14.9 Å². The number of sulfone groups is 1. The van der Waals surface area contributed by atoms with Crippen molar-refractivity contribution in [3.63, 3.8) is 0 Å². The summed E-state index contributed by atoms with van der Waals surface area (Å²) in [6.45, 7) is 0.0374. The molecule has 0 radical (unpaired) electrons. The van der Waals surface area contributed by atoms with E-state index in [1.807, 2.05) is 0 Å². The van der Waals surface area contributed by atoms with Crippen molar-refractivity contribution in [2.24, 2.45) is 5.41 Å². The van der Waals surface area contributed by atoms with Crippen LogP contribution in [-0.2, 0) is 19.9 Å². The van der Waals surface area contributed by atoms with Gasteiger partial charge in [-0.1, -0.05) is 0 Å². The Kier molecular flexibility index (Phi) is 3.44. The van der Waals surface area contributed by atoms with Crippen LogP contribution in [0.15, 0.2) is 0 Å². The van der Waals surface area contributed by atoms with E-state index in [0.717, 1.165) is 19.1 Å². The number of aliphatic hydroxyl groups excluding tert-OH is 1. The zero-order valence-electron chi connectivity index (χ0n) is 8.43. The molecule has 1 aliphatic rings. The first-order chi connectivity index (χ1) is 6.68. The zero-order chi connectivity index (χ0) is 11.7. The minimum absolute atomic E-state index is 0.0750. The topological polar surface area (TPSA) is 101 Å². The zero-order valence-corrected chi connectivity index (χ0v) is 10.1. The molecule has 0 aliphatic heterocycles. The predicted octanol–water partition coefficient (Wildman–Crippen LogP) is -1.32. The molecule has 0 saturated heterocycles. The van der Waals surface area contributed by atoms with Gasteiger partial charge in [0.05, 0.1) is 0 Å². The number of rotatable bonds is 6. The fourth-order valence-corrected chi connectivity index (χ4v) is 4.27. The summed E-state index contributed by atoms with van der Waals surface area (Å²) < 4.78 is 46.3. The summed E-state index contributed by atoms with van der Waals surface area (Å²) in [5.74, 6) is 0. The molecule has 15 heavy (non-hydrogen) atoms. The lowest BCUT2D eigenvalue weighted by atomic mass is 10.1. The van der Waals surface area contributed by atoms with Gasteiger partial charge in [-0.05, 0) is 12.8 Å². The fraction of sp³-hybridized carbons (Fsp3) is 1.00. The molecule has 1 fully saturated rings. The van der Waals surface area contributed by atoms with Crippen molar-refractivity contribution in [3.8, 4) is 0 Å². The number of nitrogens with one attached hydrogen (secondary N) is 1. The Morgan fingerprint density at radius 3 is 2.13 bits per heavy atom. The predicted molar refractivity (Wildman–Crippen MR) is 55.4 cm³/mol. The Hall–Kier alpha value is -0.180. The van der Waals surface area contributed by atoms with Crippen LogP contribution in [-0.4, -0.2) is 46.4 Å². The third-order valence-corrected chi connectivity index (χ3v) is 5.87. The van der Waals surface area contributed by atoms with Crippen LogP contribution in [0.3, 0.4) is 0 Å². The maximum absolute atomic E-state index is 11.3. The normalized spacial score (nSPS) is 20.1. The van der Waals surface area contributed by atoms with Gasteiger partial charge in [0.2, 0.25) is 10.0 Å². The van der Waals surface area contributed by atoms with Crippen LogP contribution in [0.2, 0.25) is 0 Å². The molecule has 0 aromatic heterocycles. The number of hydrogen-bond donors (Lipinski definition) is 2. The Morgan fingerprint density at radius 2 is 1.80 bits per heavy atom. The van der Waals surface area contributed by atoms with Gasteiger partial charge in [0, 0.05) is 24.8 Å². The van der Waals surface area contributed by atoms with Crippen LogP contribution in [0.4, 0.5) is 0 Å².